The highest BCUT2D eigenvalue weighted by atomic mass is 16.5. The largest absolute Gasteiger partial charge is 0.481 e. The quantitative estimate of drug-likeness (QED) is 0.711. The molecule has 0 spiro atoms. The van der Waals surface area contributed by atoms with Gasteiger partial charge in [0.1, 0.15) is 0 Å². The molecular formula is C17H20N4O4. The minimum Gasteiger partial charge on any atom is -0.481 e. The summed E-state index contributed by atoms with van der Waals surface area (Å²) in [6.45, 7) is 3.76. The highest BCUT2D eigenvalue weighted by molar-refractivity contribution is 5.99. The standard InChI is InChI=1S/C17H20N4O4/c1-11(2)25-15-8-7-14(20-21-15)19-17(24)18-13-5-3-4-12(10-13)6-9-16(22)23/h3-5,7-8,10-11H,6,9H2,1-2H3,(H,22,23)(H2,18,19,20,24). The van der Waals surface area contributed by atoms with E-state index in [1.807, 2.05) is 19.9 Å². The zero-order chi connectivity index (χ0) is 18.2. The molecule has 0 aliphatic carbocycles. The molecule has 1 aromatic carbocycles. The molecule has 0 bridgehead atoms. The average Bonchev–Trinajstić information content (AvgIpc) is 2.54. The first-order valence-electron chi connectivity index (χ1n) is 7.81. The van der Waals surface area contributed by atoms with Crippen molar-refractivity contribution in [2.24, 2.45) is 0 Å². The molecule has 0 aliphatic rings. The molecule has 0 aliphatic heterocycles. The van der Waals surface area contributed by atoms with E-state index in [2.05, 4.69) is 20.8 Å². The van der Waals surface area contributed by atoms with Crippen LogP contribution in [0.5, 0.6) is 5.88 Å². The van der Waals surface area contributed by atoms with Gasteiger partial charge in [-0.2, -0.15) is 0 Å². The van der Waals surface area contributed by atoms with E-state index in [0.717, 1.165) is 5.56 Å². The minimum atomic E-state index is -0.862. The zero-order valence-electron chi connectivity index (χ0n) is 14.0. The Morgan fingerprint density at radius 2 is 1.96 bits per heavy atom. The summed E-state index contributed by atoms with van der Waals surface area (Å²) < 4.78 is 5.38. The van der Waals surface area contributed by atoms with Crippen molar-refractivity contribution in [1.29, 1.82) is 0 Å². The first kappa shape index (κ1) is 18.2. The molecule has 8 heteroatoms. The third-order valence-electron chi connectivity index (χ3n) is 3.05. The Hall–Kier alpha value is -3.16. The highest BCUT2D eigenvalue weighted by Gasteiger charge is 2.07. The zero-order valence-corrected chi connectivity index (χ0v) is 14.0. The summed E-state index contributed by atoms with van der Waals surface area (Å²) in [6.07, 6.45) is 0.426. The van der Waals surface area contributed by atoms with Gasteiger partial charge in [0, 0.05) is 18.2 Å². The number of rotatable bonds is 7. The van der Waals surface area contributed by atoms with Crippen molar-refractivity contribution >= 4 is 23.5 Å². The van der Waals surface area contributed by atoms with E-state index in [-0.39, 0.29) is 18.3 Å². The molecule has 3 N–H and O–H groups in total. The Bertz CT molecular complexity index is 732. The fraction of sp³-hybridized carbons (Fsp3) is 0.294. The summed E-state index contributed by atoms with van der Waals surface area (Å²) in [5, 5.41) is 21.7. The van der Waals surface area contributed by atoms with Crippen LogP contribution in [0.3, 0.4) is 0 Å². The second-order valence-electron chi connectivity index (χ2n) is 5.60. The van der Waals surface area contributed by atoms with Crippen molar-refractivity contribution in [2.75, 3.05) is 10.6 Å². The lowest BCUT2D eigenvalue weighted by Gasteiger charge is -2.10. The predicted octanol–water partition coefficient (Wildman–Crippen LogP) is 2.93. The van der Waals surface area contributed by atoms with Crippen molar-refractivity contribution in [2.45, 2.75) is 32.8 Å². The number of urea groups is 1. The maximum atomic E-state index is 12.0. The molecule has 0 radical (unpaired) electrons. The van der Waals surface area contributed by atoms with Crippen molar-refractivity contribution in [3.05, 3.63) is 42.0 Å². The Labute approximate surface area is 145 Å². The molecular weight excluding hydrogens is 324 g/mol. The molecule has 1 aromatic heterocycles. The van der Waals surface area contributed by atoms with Crippen LogP contribution in [0, 0.1) is 0 Å². The van der Waals surface area contributed by atoms with Gasteiger partial charge in [-0.25, -0.2) is 4.79 Å². The second-order valence-corrected chi connectivity index (χ2v) is 5.60. The van der Waals surface area contributed by atoms with Crippen LogP contribution in [-0.4, -0.2) is 33.4 Å². The van der Waals surface area contributed by atoms with E-state index < -0.39 is 12.0 Å². The fourth-order valence-electron chi connectivity index (χ4n) is 2.03. The summed E-state index contributed by atoms with van der Waals surface area (Å²) in [5.41, 5.74) is 1.39. The van der Waals surface area contributed by atoms with E-state index in [4.69, 9.17) is 9.84 Å². The molecule has 25 heavy (non-hydrogen) atoms. The van der Waals surface area contributed by atoms with Gasteiger partial charge in [0.15, 0.2) is 5.82 Å². The van der Waals surface area contributed by atoms with Crippen molar-refractivity contribution in [3.63, 3.8) is 0 Å². The Kier molecular flexibility index (Phi) is 6.27. The first-order chi connectivity index (χ1) is 11.9. The number of aromatic nitrogens is 2. The molecule has 2 rings (SSSR count). The lowest BCUT2D eigenvalue weighted by Crippen LogP contribution is -2.20. The van der Waals surface area contributed by atoms with Crippen LogP contribution in [0.4, 0.5) is 16.3 Å². The first-order valence-corrected chi connectivity index (χ1v) is 7.81. The molecule has 1 heterocycles. The molecule has 0 atom stereocenters. The number of benzene rings is 1. The highest BCUT2D eigenvalue weighted by Crippen LogP contribution is 2.14. The number of aryl methyl sites for hydroxylation is 1. The Morgan fingerprint density at radius 3 is 2.60 bits per heavy atom. The van der Waals surface area contributed by atoms with Crippen molar-refractivity contribution in [3.8, 4) is 5.88 Å². The number of carbonyl (C=O) groups is 2. The number of carbonyl (C=O) groups excluding carboxylic acids is 1. The fourth-order valence-corrected chi connectivity index (χ4v) is 2.03. The number of ether oxygens (including phenoxy) is 1. The number of nitrogens with one attached hydrogen (secondary N) is 2. The van der Waals surface area contributed by atoms with Crippen LogP contribution in [0.2, 0.25) is 0 Å². The number of nitrogens with zero attached hydrogens (tertiary/aromatic N) is 2. The third-order valence-corrected chi connectivity index (χ3v) is 3.05. The summed E-state index contributed by atoms with van der Waals surface area (Å²) in [7, 11) is 0. The maximum absolute atomic E-state index is 12.0. The van der Waals surface area contributed by atoms with Gasteiger partial charge in [-0.1, -0.05) is 12.1 Å². The van der Waals surface area contributed by atoms with Crippen LogP contribution in [0.15, 0.2) is 36.4 Å². The summed E-state index contributed by atoms with van der Waals surface area (Å²) in [5.74, 6) is -0.192. The van der Waals surface area contributed by atoms with Crippen LogP contribution in [0.25, 0.3) is 0 Å². The Balaban J connectivity index is 1.91. The van der Waals surface area contributed by atoms with Gasteiger partial charge in [-0.3, -0.25) is 10.1 Å². The number of anilines is 2. The summed E-state index contributed by atoms with van der Waals surface area (Å²) in [4.78, 5) is 22.6. The predicted molar refractivity (Wildman–Crippen MR) is 92.8 cm³/mol. The van der Waals surface area contributed by atoms with E-state index >= 15 is 0 Å². The van der Waals surface area contributed by atoms with Gasteiger partial charge in [0.2, 0.25) is 5.88 Å². The second kappa shape index (κ2) is 8.62. The van der Waals surface area contributed by atoms with E-state index in [0.29, 0.717) is 18.0 Å². The Morgan fingerprint density at radius 1 is 1.16 bits per heavy atom. The smallest absolute Gasteiger partial charge is 0.324 e. The van der Waals surface area contributed by atoms with Gasteiger partial charge < -0.3 is 15.2 Å². The molecule has 0 saturated heterocycles. The van der Waals surface area contributed by atoms with E-state index in [1.165, 1.54) is 0 Å². The molecule has 8 nitrogen and oxygen atoms in total. The summed E-state index contributed by atoms with van der Waals surface area (Å²) >= 11 is 0. The SMILES string of the molecule is CC(C)Oc1ccc(NC(=O)Nc2cccc(CCC(=O)O)c2)nn1. The number of amides is 2. The molecule has 0 fully saturated rings. The average molecular weight is 344 g/mol. The van der Waals surface area contributed by atoms with Crippen LogP contribution >= 0.6 is 0 Å². The molecule has 0 unspecified atom stereocenters. The van der Waals surface area contributed by atoms with E-state index in [1.54, 1.807) is 30.3 Å². The lowest BCUT2D eigenvalue weighted by atomic mass is 10.1. The van der Waals surface area contributed by atoms with Crippen LogP contribution < -0.4 is 15.4 Å². The summed E-state index contributed by atoms with van der Waals surface area (Å²) in [6, 6.07) is 9.75. The van der Waals surface area contributed by atoms with Gasteiger partial charge in [0.25, 0.3) is 0 Å². The van der Waals surface area contributed by atoms with Crippen LogP contribution in [0.1, 0.15) is 25.8 Å². The number of hydrogen-bond donors (Lipinski definition) is 3. The maximum Gasteiger partial charge on any atom is 0.324 e. The van der Waals surface area contributed by atoms with Gasteiger partial charge in [0.05, 0.1) is 6.10 Å². The van der Waals surface area contributed by atoms with Crippen molar-refractivity contribution < 1.29 is 19.4 Å². The number of carboxylic acids is 1. The molecule has 2 aromatic rings. The van der Waals surface area contributed by atoms with Gasteiger partial charge in [-0.15, -0.1) is 10.2 Å². The molecule has 2 amide bonds. The topological polar surface area (TPSA) is 113 Å². The minimum absolute atomic E-state index is 0.00943. The molecule has 132 valence electrons. The van der Waals surface area contributed by atoms with Gasteiger partial charge in [-0.05, 0) is 44.0 Å². The lowest BCUT2D eigenvalue weighted by molar-refractivity contribution is -0.136. The van der Waals surface area contributed by atoms with E-state index in [9.17, 15) is 9.59 Å². The monoisotopic (exact) mass is 344 g/mol. The van der Waals surface area contributed by atoms with Crippen LogP contribution in [-0.2, 0) is 11.2 Å². The number of hydrogen-bond acceptors (Lipinski definition) is 5. The normalized spacial score (nSPS) is 10.4. The third kappa shape index (κ3) is 6.46. The number of carboxylic acid groups (broad SMARTS) is 1. The van der Waals surface area contributed by atoms with Gasteiger partial charge >= 0.3 is 12.0 Å². The van der Waals surface area contributed by atoms with Crippen molar-refractivity contribution in [1.82, 2.24) is 10.2 Å². The molecule has 0 saturated carbocycles. The number of aliphatic carboxylic acids is 1.